The van der Waals surface area contributed by atoms with E-state index in [4.69, 9.17) is 0 Å². The standard InChI is InChI=1S/C13H19N3O3.ClH/c1-4-14-10(3)8-15-13(17)11-5-6-12(16(18)19)9(2)7-11;/h5-7,10,14H,4,8H2,1-3H3,(H,15,17);1H/t10-;/m1./s1. The molecule has 0 aromatic heterocycles. The minimum absolute atomic E-state index is 0. The molecule has 0 fully saturated rings. The molecule has 0 saturated heterocycles. The van der Waals surface area contributed by atoms with Crippen LogP contribution < -0.4 is 10.6 Å². The molecule has 6 nitrogen and oxygen atoms in total. The number of nitrogens with zero attached hydrogens (tertiary/aromatic N) is 1. The molecule has 0 aliphatic carbocycles. The first-order valence-corrected chi connectivity index (χ1v) is 6.22. The van der Waals surface area contributed by atoms with Gasteiger partial charge in [0.25, 0.3) is 11.6 Å². The lowest BCUT2D eigenvalue weighted by Gasteiger charge is -2.13. The predicted octanol–water partition coefficient (Wildman–Crippen LogP) is 2.05. The molecule has 0 aliphatic heterocycles. The van der Waals surface area contributed by atoms with Crippen LogP contribution in [0.4, 0.5) is 5.69 Å². The van der Waals surface area contributed by atoms with Gasteiger partial charge in [-0.05, 0) is 32.5 Å². The number of benzene rings is 1. The third-order valence-electron chi connectivity index (χ3n) is 2.78. The Morgan fingerprint density at radius 3 is 2.60 bits per heavy atom. The molecule has 7 heteroatoms. The molecule has 0 saturated carbocycles. The number of amides is 1. The average Bonchev–Trinajstić information content (AvgIpc) is 2.35. The Morgan fingerprint density at radius 1 is 1.45 bits per heavy atom. The summed E-state index contributed by atoms with van der Waals surface area (Å²) >= 11 is 0. The molecule has 0 spiro atoms. The molecule has 0 heterocycles. The zero-order valence-electron chi connectivity index (χ0n) is 11.8. The molecule has 0 radical (unpaired) electrons. The van der Waals surface area contributed by atoms with E-state index >= 15 is 0 Å². The van der Waals surface area contributed by atoms with Crippen LogP contribution in [0.3, 0.4) is 0 Å². The molecule has 112 valence electrons. The van der Waals surface area contributed by atoms with Gasteiger partial charge in [-0.2, -0.15) is 0 Å². The van der Waals surface area contributed by atoms with Crippen molar-refractivity contribution in [2.45, 2.75) is 26.8 Å². The fourth-order valence-electron chi connectivity index (χ4n) is 1.77. The van der Waals surface area contributed by atoms with Gasteiger partial charge in [-0.3, -0.25) is 14.9 Å². The van der Waals surface area contributed by atoms with E-state index in [1.807, 2.05) is 13.8 Å². The monoisotopic (exact) mass is 301 g/mol. The number of hydrogen-bond acceptors (Lipinski definition) is 4. The van der Waals surface area contributed by atoms with Crippen LogP contribution >= 0.6 is 12.4 Å². The fraction of sp³-hybridized carbons (Fsp3) is 0.462. The van der Waals surface area contributed by atoms with Gasteiger partial charge in [0.15, 0.2) is 0 Å². The van der Waals surface area contributed by atoms with E-state index < -0.39 is 4.92 Å². The number of nitro groups is 1. The van der Waals surface area contributed by atoms with Gasteiger partial charge in [0.05, 0.1) is 4.92 Å². The van der Waals surface area contributed by atoms with Crippen LogP contribution in [0.2, 0.25) is 0 Å². The van der Waals surface area contributed by atoms with Gasteiger partial charge in [0.1, 0.15) is 0 Å². The second-order valence-corrected chi connectivity index (χ2v) is 4.43. The Labute approximate surface area is 124 Å². The van der Waals surface area contributed by atoms with Gasteiger partial charge < -0.3 is 10.6 Å². The summed E-state index contributed by atoms with van der Waals surface area (Å²) in [5, 5.41) is 16.7. The van der Waals surface area contributed by atoms with Crippen molar-refractivity contribution in [3.8, 4) is 0 Å². The summed E-state index contributed by atoms with van der Waals surface area (Å²) in [4.78, 5) is 22.1. The van der Waals surface area contributed by atoms with E-state index in [0.29, 0.717) is 17.7 Å². The van der Waals surface area contributed by atoms with Gasteiger partial charge in [-0.25, -0.2) is 0 Å². The van der Waals surface area contributed by atoms with Gasteiger partial charge >= 0.3 is 0 Å². The van der Waals surface area contributed by atoms with Gasteiger partial charge in [-0.1, -0.05) is 6.92 Å². The van der Waals surface area contributed by atoms with Crippen molar-refractivity contribution in [1.82, 2.24) is 10.6 Å². The van der Waals surface area contributed by atoms with E-state index in [0.717, 1.165) is 6.54 Å². The maximum Gasteiger partial charge on any atom is 0.272 e. The van der Waals surface area contributed by atoms with E-state index in [1.54, 1.807) is 6.92 Å². The topological polar surface area (TPSA) is 84.3 Å². The maximum absolute atomic E-state index is 11.9. The Kier molecular flexibility index (Phi) is 7.79. The summed E-state index contributed by atoms with van der Waals surface area (Å²) in [6, 6.07) is 4.55. The lowest BCUT2D eigenvalue weighted by molar-refractivity contribution is -0.385. The van der Waals surface area contributed by atoms with E-state index in [-0.39, 0.29) is 30.0 Å². The first kappa shape index (κ1) is 18.3. The number of aryl methyl sites for hydroxylation is 1. The Bertz CT molecular complexity index is 480. The van der Waals surface area contributed by atoms with Crippen molar-refractivity contribution in [3.63, 3.8) is 0 Å². The third kappa shape index (κ3) is 5.14. The first-order chi connectivity index (χ1) is 8.95. The van der Waals surface area contributed by atoms with Crippen LogP contribution in [0.1, 0.15) is 29.8 Å². The van der Waals surface area contributed by atoms with E-state index in [1.165, 1.54) is 18.2 Å². The van der Waals surface area contributed by atoms with Crippen LogP contribution in [0.15, 0.2) is 18.2 Å². The maximum atomic E-state index is 11.9. The molecule has 1 aromatic rings. The SMILES string of the molecule is CCN[C@H](C)CNC(=O)c1ccc([N+](=O)[O-])c(C)c1.Cl. The van der Waals surface area contributed by atoms with Crippen LogP contribution in [0.25, 0.3) is 0 Å². The molecular weight excluding hydrogens is 282 g/mol. The third-order valence-corrected chi connectivity index (χ3v) is 2.78. The quantitative estimate of drug-likeness (QED) is 0.622. The second-order valence-electron chi connectivity index (χ2n) is 4.43. The normalized spacial score (nSPS) is 11.3. The van der Waals surface area contributed by atoms with Crippen LogP contribution in [-0.4, -0.2) is 30.0 Å². The molecule has 1 amide bonds. The van der Waals surface area contributed by atoms with Crippen LogP contribution in [-0.2, 0) is 0 Å². The largest absolute Gasteiger partial charge is 0.350 e. The molecule has 20 heavy (non-hydrogen) atoms. The smallest absolute Gasteiger partial charge is 0.272 e. The molecule has 0 aliphatic rings. The van der Waals surface area contributed by atoms with Crippen molar-refractivity contribution in [2.75, 3.05) is 13.1 Å². The minimum Gasteiger partial charge on any atom is -0.350 e. The summed E-state index contributed by atoms with van der Waals surface area (Å²) < 4.78 is 0. The van der Waals surface area contributed by atoms with E-state index in [2.05, 4.69) is 10.6 Å². The van der Waals surface area contributed by atoms with Crippen molar-refractivity contribution in [3.05, 3.63) is 39.4 Å². The van der Waals surface area contributed by atoms with E-state index in [9.17, 15) is 14.9 Å². The average molecular weight is 302 g/mol. The highest BCUT2D eigenvalue weighted by Gasteiger charge is 2.13. The summed E-state index contributed by atoms with van der Waals surface area (Å²) in [6.45, 7) is 6.95. The Balaban J connectivity index is 0.00000361. The summed E-state index contributed by atoms with van der Waals surface area (Å²) in [7, 11) is 0. The fourth-order valence-corrected chi connectivity index (χ4v) is 1.77. The lowest BCUT2D eigenvalue weighted by Crippen LogP contribution is -2.38. The van der Waals surface area contributed by atoms with Gasteiger partial charge in [0.2, 0.25) is 0 Å². The predicted molar refractivity (Wildman–Crippen MR) is 80.6 cm³/mol. The molecular formula is C13H20ClN3O3. The van der Waals surface area contributed by atoms with Crippen molar-refractivity contribution in [2.24, 2.45) is 0 Å². The second kappa shape index (κ2) is 8.50. The summed E-state index contributed by atoms with van der Waals surface area (Å²) in [5.74, 6) is -0.220. The molecule has 1 aromatic carbocycles. The molecule has 1 rings (SSSR count). The number of carbonyl (C=O) groups is 1. The zero-order chi connectivity index (χ0) is 14.4. The number of hydrogen-bond donors (Lipinski definition) is 2. The number of nitro benzene ring substituents is 1. The minimum atomic E-state index is -0.454. The summed E-state index contributed by atoms with van der Waals surface area (Å²) in [5.41, 5.74) is 0.946. The zero-order valence-corrected chi connectivity index (χ0v) is 12.6. The molecule has 0 unspecified atom stereocenters. The van der Waals surface area contributed by atoms with Crippen molar-refractivity contribution >= 4 is 24.0 Å². The van der Waals surface area contributed by atoms with Gasteiger partial charge in [-0.15, -0.1) is 12.4 Å². The summed E-state index contributed by atoms with van der Waals surface area (Å²) in [6.07, 6.45) is 0. The highest BCUT2D eigenvalue weighted by Crippen LogP contribution is 2.18. The highest BCUT2D eigenvalue weighted by atomic mass is 35.5. The van der Waals surface area contributed by atoms with Crippen molar-refractivity contribution in [1.29, 1.82) is 0 Å². The molecule has 1 atom stereocenters. The number of halogens is 1. The number of rotatable bonds is 6. The van der Waals surface area contributed by atoms with Crippen molar-refractivity contribution < 1.29 is 9.72 Å². The number of likely N-dealkylation sites (N-methyl/N-ethyl adjacent to an activating group) is 1. The Hall–Kier alpha value is -1.66. The van der Waals surface area contributed by atoms with Crippen LogP contribution in [0, 0.1) is 17.0 Å². The number of nitrogens with one attached hydrogen (secondary N) is 2. The van der Waals surface area contributed by atoms with Gasteiger partial charge in [0, 0.05) is 29.8 Å². The van der Waals surface area contributed by atoms with Crippen LogP contribution in [0.5, 0.6) is 0 Å². The Morgan fingerprint density at radius 2 is 2.10 bits per heavy atom. The molecule has 2 N–H and O–H groups in total. The lowest BCUT2D eigenvalue weighted by atomic mass is 10.1. The molecule has 0 bridgehead atoms. The highest BCUT2D eigenvalue weighted by molar-refractivity contribution is 5.94. The first-order valence-electron chi connectivity index (χ1n) is 6.22. The number of carbonyl (C=O) groups excluding carboxylic acids is 1.